The second-order valence-electron chi connectivity index (χ2n) is 2.07. The summed E-state index contributed by atoms with van der Waals surface area (Å²) in [5.41, 5.74) is 0. The lowest BCUT2D eigenvalue weighted by Crippen LogP contribution is -2.00. The van der Waals surface area contributed by atoms with Gasteiger partial charge in [-0.3, -0.25) is 0 Å². The third-order valence-corrected chi connectivity index (χ3v) is 1.21. The minimum Gasteiger partial charge on any atom is -0.516 e. The minimum absolute atomic E-state index is 0.247. The highest BCUT2D eigenvalue weighted by molar-refractivity contribution is 4.99. The van der Waals surface area contributed by atoms with Crippen molar-refractivity contribution < 1.29 is 10.2 Å². The van der Waals surface area contributed by atoms with Crippen molar-refractivity contribution >= 4 is 0 Å². The summed E-state index contributed by atoms with van der Waals surface area (Å²) < 4.78 is 0. The lowest BCUT2D eigenvalue weighted by Gasteiger charge is -2.00. The monoisotopic (exact) mass is 142 g/mol. The molecule has 1 atom stereocenters. The van der Waals surface area contributed by atoms with Gasteiger partial charge >= 0.3 is 0 Å². The molecule has 0 fully saturated rings. The fraction of sp³-hybridized carbons (Fsp3) is 0.500. The molecule has 0 aromatic heterocycles. The number of allylic oxidation sites excluding steroid dienone is 2. The zero-order valence-corrected chi connectivity index (χ0v) is 6.20. The first-order valence-corrected chi connectivity index (χ1v) is 3.45. The summed E-state index contributed by atoms with van der Waals surface area (Å²) in [5.74, 6) is 0. The van der Waals surface area contributed by atoms with Crippen LogP contribution in [0.4, 0.5) is 0 Å². The van der Waals surface area contributed by atoms with Crippen molar-refractivity contribution in [3.05, 3.63) is 24.5 Å². The zero-order valence-electron chi connectivity index (χ0n) is 6.20. The maximum Gasteiger partial charge on any atom is 0.0791 e. The Morgan fingerprint density at radius 1 is 1.40 bits per heavy atom. The molecule has 0 radical (unpaired) electrons. The molecular formula is C8H14O2. The lowest BCUT2D eigenvalue weighted by atomic mass is 10.2. The second kappa shape index (κ2) is 6.36. The summed E-state index contributed by atoms with van der Waals surface area (Å²) in [6.07, 6.45) is 7.19. The molecule has 2 nitrogen and oxygen atoms in total. The number of hydrogen-bond donors (Lipinski definition) is 2. The van der Waals surface area contributed by atoms with Gasteiger partial charge in [0, 0.05) is 0 Å². The molecule has 2 heteroatoms. The van der Waals surface area contributed by atoms with Crippen molar-refractivity contribution in [2.75, 3.05) is 0 Å². The summed E-state index contributed by atoms with van der Waals surface area (Å²) in [6.45, 7) is 1.93. The Balaban J connectivity index is 3.33. The molecule has 0 aliphatic rings. The van der Waals surface area contributed by atoms with E-state index in [2.05, 4.69) is 0 Å². The van der Waals surface area contributed by atoms with Crippen LogP contribution in [0.3, 0.4) is 0 Å². The maximum absolute atomic E-state index is 9.02. The van der Waals surface area contributed by atoms with Crippen molar-refractivity contribution in [1.82, 2.24) is 0 Å². The van der Waals surface area contributed by atoms with Crippen molar-refractivity contribution in [1.29, 1.82) is 0 Å². The molecule has 0 aliphatic carbocycles. The summed E-state index contributed by atoms with van der Waals surface area (Å²) >= 11 is 0. The predicted octanol–water partition coefficient (Wildman–Crippen LogP) is 1.78. The average Bonchev–Trinajstić information content (AvgIpc) is 1.98. The Bertz CT molecular complexity index is 116. The van der Waals surface area contributed by atoms with Gasteiger partial charge in [-0.15, -0.1) is 0 Å². The molecule has 10 heavy (non-hydrogen) atoms. The number of rotatable bonds is 4. The van der Waals surface area contributed by atoms with Crippen LogP contribution in [-0.2, 0) is 0 Å². The molecule has 1 unspecified atom stereocenters. The normalized spacial score (nSPS) is 15.0. The first kappa shape index (κ1) is 9.24. The molecule has 0 aromatic rings. The lowest BCUT2D eigenvalue weighted by molar-refractivity contribution is 0.174. The van der Waals surface area contributed by atoms with Crippen molar-refractivity contribution in [2.45, 2.75) is 25.9 Å². The van der Waals surface area contributed by atoms with Crippen LogP contribution in [0.2, 0.25) is 0 Å². The molecule has 0 spiro atoms. The van der Waals surface area contributed by atoms with Crippen LogP contribution in [-0.4, -0.2) is 16.3 Å². The van der Waals surface area contributed by atoms with Gasteiger partial charge in [0.15, 0.2) is 0 Å². The minimum atomic E-state index is -0.247. The summed E-state index contributed by atoms with van der Waals surface area (Å²) in [6, 6.07) is 0. The van der Waals surface area contributed by atoms with E-state index >= 15 is 0 Å². The van der Waals surface area contributed by atoms with Crippen LogP contribution < -0.4 is 0 Å². The van der Waals surface area contributed by atoms with Gasteiger partial charge in [-0.05, 0) is 18.9 Å². The highest BCUT2D eigenvalue weighted by Crippen LogP contribution is 1.96. The zero-order chi connectivity index (χ0) is 7.82. The van der Waals surface area contributed by atoms with E-state index in [9.17, 15) is 0 Å². The smallest absolute Gasteiger partial charge is 0.0791 e. The molecule has 0 saturated carbocycles. The van der Waals surface area contributed by atoms with Crippen LogP contribution in [0.5, 0.6) is 0 Å². The van der Waals surface area contributed by atoms with Gasteiger partial charge in [0.05, 0.1) is 12.4 Å². The summed E-state index contributed by atoms with van der Waals surface area (Å²) in [7, 11) is 0. The molecule has 0 bridgehead atoms. The summed E-state index contributed by atoms with van der Waals surface area (Å²) in [4.78, 5) is 0. The van der Waals surface area contributed by atoms with Crippen LogP contribution in [0.15, 0.2) is 24.5 Å². The van der Waals surface area contributed by atoms with E-state index in [4.69, 9.17) is 10.2 Å². The highest BCUT2D eigenvalue weighted by atomic mass is 16.3. The SMILES string of the molecule is CCC(O)C/C=C/C=C/O. The third kappa shape index (κ3) is 5.38. The Kier molecular flexibility index (Phi) is 5.88. The molecule has 0 aliphatic heterocycles. The van der Waals surface area contributed by atoms with E-state index in [1.54, 1.807) is 6.08 Å². The van der Waals surface area contributed by atoms with Gasteiger partial charge in [-0.2, -0.15) is 0 Å². The molecule has 0 rings (SSSR count). The molecule has 0 amide bonds. The first-order chi connectivity index (χ1) is 4.81. The highest BCUT2D eigenvalue weighted by Gasteiger charge is 1.93. The van der Waals surface area contributed by atoms with E-state index in [0.29, 0.717) is 6.42 Å². The fourth-order valence-corrected chi connectivity index (χ4v) is 0.531. The average molecular weight is 142 g/mol. The number of hydrogen-bond acceptors (Lipinski definition) is 2. The first-order valence-electron chi connectivity index (χ1n) is 3.45. The van der Waals surface area contributed by atoms with E-state index in [0.717, 1.165) is 12.7 Å². The van der Waals surface area contributed by atoms with Gasteiger partial charge in [-0.25, -0.2) is 0 Å². The second-order valence-corrected chi connectivity index (χ2v) is 2.07. The largest absolute Gasteiger partial charge is 0.516 e. The van der Waals surface area contributed by atoms with Crippen molar-refractivity contribution in [3.63, 3.8) is 0 Å². The standard InChI is InChI=1S/C8H14O2/c1-2-8(10)6-4-3-5-7-9/h3-5,7-10H,2,6H2,1H3/b4-3+,7-5+. The quantitative estimate of drug-likeness (QED) is 0.464. The number of aliphatic hydroxyl groups excluding tert-OH is 2. The third-order valence-electron chi connectivity index (χ3n) is 1.21. The molecule has 2 N–H and O–H groups in total. The van der Waals surface area contributed by atoms with Crippen LogP contribution in [0.25, 0.3) is 0 Å². The molecular weight excluding hydrogens is 128 g/mol. The molecule has 0 saturated heterocycles. The Hall–Kier alpha value is -0.760. The van der Waals surface area contributed by atoms with Crippen LogP contribution in [0, 0.1) is 0 Å². The fourth-order valence-electron chi connectivity index (χ4n) is 0.531. The topological polar surface area (TPSA) is 40.5 Å². The van der Waals surface area contributed by atoms with Gasteiger partial charge in [0.25, 0.3) is 0 Å². The van der Waals surface area contributed by atoms with Crippen LogP contribution in [0.1, 0.15) is 19.8 Å². The van der Waals surface area contributed by atoms with Crippen LogP contribution >= 0.6 is 0 Å². The molecule has 58 valence electrons. The Morgan fingerprint density at radius 3 is 2.60 bits per heavy atom. The van der Waals surface area contributed by atoms with Gasteiger partial charge < -0.3 is 10.2 Å². The maximum atomic E-state index is 9.02. The van der Waals surface area contributed by atoms with Crippen molar-refractivity contribution in [2.24, 2.45) is 0 Å². The van der Waals surface area contributed by atoms with E-state index in [1.807, 2.05) is 13.0 Å². The Labute approximate surface area is 61.5 Å². The molecule has 0 heterocycles. The van der Waals surface area contributed by atoms with E-state index < -0.39 is 0 Å². The number of aliphatic hydroxyl groups is 2. The predicted molar refractivity (Wildman–Crippen MR) is 41.8 cm³/mol. The molecule has 0 aromatic carbocycles. The van der Waals surface area contributed by atoms with E-state index in [1.165, 1.54) is 6.08 Å². The van der Waals surface area contributed by atoms with Gasteiger partial charge in [0.1, 0.15) is 0 Å². The van der Waals surface area contributed by atoms with Gasteiger partial charge in [-0.1, -0.05) is 19.1 Å². The Morgan fingerprint density at radius 2 is 2.10 bits per heavy atom. The summed E-state index contributed by atoms with van der Waals surface area (Å²) in [5, 5.41) is 17.2. The van der Waals surface area contributed by atoms with Crippen molar-refractivity contribution in [3.8, 4) is 0 Å². The van der Waals surface area contributed by atoms with Gasteiger partial charge in [0.2, 0.25) is 0 Å². The van der Waals surface area contributed by atoms with E-state index in [-0.39, 0.29) is 6.10 Å².